The van der Waals surface area contributed by atoms with E-state index in [0.29, 0.717) is 6.61 Å². The summed E-state index contributed by atoms with van der Waals surface area (Å²) in [5.41, 5.74) is -0.274. The molecule has 1 N–H and O–H groups in total. The number of carboxylic acids is 1. The minimum atomic E-state index is -0.806. The van der Waals surface area contributed by atoms with Crippen LogP contribution < -0.4 is 0 Å². The van der Waals surface area contributed by atoms with Gasteiger partial charge in [-0.1, -0.05) is 20.8 Å². The maximum Gasteiger partial charge on any atom is 0.307 e. The summed E-state index contributed by atoms with van der Waals surface area (Å²) in [5, 5.41) is 17.8. The van der Waals surface area contributed by atoms with Crippen LogP contribution in [0.15, 0.2) is 11.8 Å². The molecule has 0 spiro atoms. The molecular formula is C12H17NO3. The molecule has 0 bridgehead atoms. The maximum absolute atomic E-state index is 10.9. The summed E-state index contributed by atoms with van der Waals surface area (Å²) in [6.07, 6.45) is 2.48. The second-order valence-corrected chi connectivity index (χ2v) is 4.65. The van der Waals surface area contributed by atoms with Gasteiger partial charge in [-0.15, -0.1) is 0 Å². The first-order valence-electron chi connectivity index (χ1n) is 5.42. The molecule has 0 aliphatic heterocycles. The van der Waals surface area contributed by atoms with Gasteiger partial charge in [-0.3, -0.25) is 4.79 Å². The van der Waals surface area contributed by atoms with E-state index in [4.69, 9.17) is 15.1 Å². The molecular weight excluding hydrogens is 206 g/mol. The molecule has 0 heterocycles. The fourth-order valence-electron chi connectivity index (χ4n) is 1.95. The average Bonchev–Trinajstić information content (AvgIpc) is 2.75. The Balaban J connectivity index is 2.70. The molecule has 16 heavy (non-hydrogen) atoms. The zero-order chi connectivity index (χ0) is 12.3. The summed E-state index contributed by atoms with van der Waals surface area (Å²) in [4.78, 5) is 10.9. The number of hydrogen-bond acceptors (Lipinski definition) is 3. The third-order valence-electron chi connectivity index (χ3n) is 3.08. The molecule has 0 aromatic carbocycles. The Morgan fingerprint density at radius 2 is 2.25 bits per heavy atom. The van der Waals surface area contributed by atoms with Crippen molar-refractivity contribution in [2.24, 2.45) is 17.3 Å². The molecule has 88 valence electrons. The van der Waals surface area contributed by atoms with Crippen molar-refractivity contribution in [3.63, 3.8) is 0 Å². The van der Waals surface area contributed by atoms with Crippen LogP contribution in [0.1, 0.15) is 27.2 Å². The van der Waals surface area contributed by atoms with Crippen LogP contribution in [-0.2, 0) is 9.53 Å². The van der Waals surface area contributed by atoms with Crippen LogP contribution in [0.4, 0.5) is 0 Å². The highest BCUT2D eigenvalue weighted by Gasteiger charge is 2.61. The number of hydrogen-bond donors (Lipinski definition) is 1. The van der Waals surface area contributed by atoms with Crippen LogP contribution in [0.25, 0.3) is 0 Å². The normalized spacial score (nSPS) is 27.0. The molecule has 0 radical (unpaired) electrons. The van der Waals surface area contributed by atoms with Crippen LogP contribution in [0.3, 0.4) is 0 Å². The first-order chi connectivity index (χ1) is 7.45. The molecule has 4 heteroatoms. The lowest BCUT2D eigenvalue weighted by atomic mass is 10.1. The van der Waals surface area contributed by atoms with Crippen molar-refractivity contribution in [2.75, 3.05) is 6.61 Å². The summed E-state index contributed by atoms with van der Waals surface area (Å²) in [6.45, 7) is 6.23. The van der Waals surface area contributed by atoms with Gasteiger partial charge in [0.2, 0.25) is 0 Å². The molecule has 1 fully saturated rings. The second kappa shape index (κ2) is 4.56. The Bertz CT molecular complexity index is 352. The largest absolute Gasteiger partial charge is 0.484 e. The van der Waals surface area contributed by atoms with Gasteiger partial charge in [0.05, 0.1) is 12.5 Å². The number of rotatable bonds is 5. The average molecular weight is 223 g/mol. The standard InChI is InChI=1S/C12H17NO3/c1-4-5-16-8(7-13)6-9-10(11(14)15)12(9,2)3/h6,9-10H,4-5H2,1-3H3,(H,14,15)/b8-6+/t9-,10+/m1/s1. The Labute approximate surface area is 95.5 Å². The molecule has 0 aromatic heterocycles. The summed E-state index contributed by atoms with van der Waals surface area (Å²) in [7, 11) is 0. The van der Waals surface area contributed by atoms with E-state index in [-0.39, 0.29) is 17.1 Å². The van der Waals surface area contributed by atoms with Gasteiger partial charge < -0.3 is 9.84 Å². The molecule has 1 aliphatic rings. The number of nitriles is 1. The van der Waals surface area contributed by atoms with E-state index in [0.717, 1.165) is 6.42 Å². The summed E-state index contributed by atoms with van der Waals surface area (Å²) in [6, 6.07) is 1.95. The topological polar surface area (TPSA) is 70.3 Å². The minimum absolute atomic E-state index is 0.100. The van der Waals surface area contributed by atoms with Crippen LogP contribution in [0.2, 0.25) is 0 Å². The molecule has 0 amide bonds. The van der Waals surface area contributed by atoms with E-state index in [1.54, 1.807) is 6.08 Å². The van der Waals surface area contributed by atoms with Crippen molar-refractivity contribution in [1.29, 1.82) is 5.26 Å². The van der Waals surface area contributed by atoms with E-state index in [1.165, 1.54) is 0 Å². The lowest BCUT2D eigenvalue weighted by Gasteiger charge is -2.02. The Kier molecular flexibility index (Phi) is 3.58. The van der Waals surface area contributed by atoms with Gasteiger partial charge in [-0.25, -0.2) is 0 Å². The Morgan fingerprint density at radius 1 is 1.62 bits per heavy atom. The quantitative estimate of drug-likeness (QED) is 0.572. The molecule has 1 saturated carbocycles. The lowest BCUT2D eigenvalue weighted by Crippen LogP contribution is -2.03. The molecule has 4 nitrogen and oxygen atoms in total. The maximum atomic E-state index is 10.9. The van der Waals surface area contributed by atoms with Gasteiger partial charge in [-0.2, -0.15) is 5.26 Å². The lowest BCUT2D eigenvalue weighted by molar-refractivity contribution is -0.139. The number of nitrogens with zero attached hydrogens (tertiary/aromatic N) is 1. The van der Waals surface area contributed by atoms with Crippen LogP contribution >= 0.6 is 0 Å². The second-order valence-electron chi connectivity index (χ2n) is 4.65. The predicted octanol–water partition coefficient (Wildman–Crippen LogP) is 2.18. The van der Waals surface area contributed by atoms with Gasteiger partial charge in [0.1, 0.15) is 6.07 Å². The van der Waals surface area contributed by atoms with Gasteiger partial charge in [0, 0.05) is 5.92 Å². The van der Waals surface area contributed by atoms with Crippen molar-refractivity contribution in [3.05, 3.63) is 11.8 Å². The summed E-state index contributed by atoms with van der Waals surface area (Å²) >= 11 is 0. The summed E-state index contributed by atoms with van der Waals surface area (Å²) in [5.74, 6) is -1.07. The minimum Gasteiger partial charge on any atom is -0.484 e. The van der Waals surface area contributed by atoms with Crippen LogP contribution in [-0.4, -0.2) is 17.7 Å². The van der Waals surface area contributed by atoms with E-state index in [9.17, 15) is 4.79 Å². The SMILES string of the molecule is CCCO/C(C#N)=C/[C@@H]1[C@@H](C(=O)O)C1(C)C. The third kappa shape index (κ3) is 2.35. The Morgan fingerprint density at radius 3 is 2.62 bits per heavy atom. The molecule has 1 rings (SSSR count). The van der Waals surface area contributed by atoms with E-state index in [1.807, 2.05) is 26.8 Å². The zero-order valence-corrected chi connectivity index (χ0v) is 9.86. The van der Waals surface area contributed by atoms with E-state index in [2.05, 4.69) is 0 Å². The van der Waals surface area contributed by atoms with Crippen molar-refractivity contribution in [1.82, 2.24) is 0 Å². The summed E-state index contributed by atoms with van der Waals surface area (Å²) < 4.78 is 5.22. The molecule has 0 aromatic rings. The predicted molar refractivity (Wildman–Crippen MR) is 58.3 cm³/mol. The number of carboxylic acid groups (broad SMARTS) is 1. The first-order valence-corrected chi connectivity index (χ1v) is 5.42. The van der Waals surface area contributed by atoms with Crippen LogP contribution in [0.5, 0.6) is 0 Å². The van der Waals surface area contributed by atoms with Gasteiger partial charge in [0.25, 0.3) is 0 Å². The number of aliphatic carboxylic acids is 1. The smallest absolute Gasteiger partial charge is 0.307 e. The first kappa shape index (κ1) is 12.6. The zero-order valence-electron chi connectivity index (χ0n) is 9.86. The molecule has 1 aliphatic carbocycles. The highest BCUT2D eigenvalue weighted by atomic mass is 16.5. The Hall–Kier alpha value is -1.50. The van der Waals surface area contributed by atoms with Gasteiger partial charge in [0.15, 0.2) is 5.76 Å². The molecule has 0 unspecified atom stereocenters. The number of carbonyl (C=O) groups is 1. The third-order valence-corrected chi connectivity index (χ3v) is 3.08. The molecule has 2 atom stereocenters. The monoisotopic (exact) mass is 223 g/mol. The number of ether oxygens (including phenoxy) is 1. The highest BCUT2D eigenvalue weighted by molar-refractivity contribution is 5.76. The van der Waals surface area contributed by atoms with Crippen molar-refractivity contribution < 1.29 is 14.6 Å². The van der Waals surface area contributed by atoms with Crippen molar-refractivity contribution in [2.45, 2.75) is 27.2 Å². The van der Waals surface area contributed by atoms with Crippen molar-refractivity contribution >= 4 is 5.97 Å². The highest BCUT2D eigenvalue weighted by Crippen LogP contribution is 2.59. The van der Waals surface area contributed by atoms with Gasteiger partial charge >= 0.3 is 5.97 Å². The fraction of sp³-hybridized carbons (Fsp3) is 0.667. The van der Waals surface area contributed by atoms with Crippen LogP contribution in [0, 0.1) is 28.6 Å². The van der Waals surface area contributed by atoms with E-state index < -0.39 is 11.9 Å². The van der Waals surface area contributed by atoms with Crippen molar-refractivity contribution in [3.8, 4) is 6.07 Å². The fourth-order valence-corrected chi connectivity index (χ4v) is 1.95. The molecule has 0 saturated heterocycles. The number of allylic oxidation sites excluding steroid dienone is 2. The van der Waals surface area contributed by atoms with E-state index >= 15 is 0 Å². The van der Waals surface area contributed by atoms with Gasteiger partial charge in [-0.05, 0) is 17.9 Å².